The number of unbranched alkanes of at least 4 members (excludes halogenated alkanes) is 12. The zero-order valence-electron chi connectivity index (χ0n) is 38.3. The van der Waals surface area contributed by atoms with Gasteiger partial charge in [0.1, 0.15) is 30.7 Å². The summed E-state index contributed by atoms with van der Waals surface area (Å²) in [5.74, 6) is 1.62. The van der Waals surface area contributed by atoms with Gasteiger partial charge in [-0.3, -0.25) is 18.7 Å². The van der Waals surface area contributed by atoms with E-state index in [-0.39, 0.29) is 54.5 Å². The lowest BCUT2D eigenvalue weighted by Crippen LogP contribution is -2.46. The fraction of sp³-hybridized carbons (Fsp3) is 0.571. The second-order valence-electron chi connectivity index (χ2n) is 16.9. The summed E-state index contributed by atoms with van der Waals surface area (Å²) >= 11 is 0. The lowest BCUT2D eigenvalue weighted by atomic mass is 9.98. The van der Waals surface area contributed by atoms with Gasteiger partial charge in [0.05, 0.1) is 12.9 Å². The number of nitrogens with two attached hydrogens (primary N) is 1. The number of aromatic nitrogens is 4. The fourth-order valence-corrected chi connectivity index (χ4v) is 9.43. The molecule has 1 aliphatic rings. The molecule has 5 atom stereocenters. The van der Waals surface area contributed by atoms with Crippen LogP contribution in [0.15, 0.2) is 67.0 Å². The van der Waals surface area contributed by atoms with Crippen LogP contribution in [0.5, 0.6) is 5.75 Å². The van der Waals surface area contributed by atoms with Crippen molar-refractivity contribution in [1.82, 2.24) is 24.6 Å². The Balaban J connectivity index is 1.33. The summed E-state index contributed by atoms with van der Waals surface area (Å²) in [5, 5.41) is 2.87. The highest BCUT2D eigenvalue weighted by Gasteiger charge is 2.53. The van der Waals surface area contributed by atoms with Crippen molar-refractivity contribution in [2.75, 3.05) is 18.9 Å². The molecule has 65 heavy (non-hydrogen) atoms. The van der Waals surface area contributed by atoms with Crippen LogP contribution < -0.4 is 15.3 Å². The van der Waals surface area contributed by atoms with Gasteiger partial charge in [-0.15, -0.1) is 6.42 Å². The van der Waals surface area contributed by atoms with Gasteiger partial charge in [-0.25, -0.2) is 9.55 Å². The van der Waals surface area contributed by atoms with Crippen molar-refractivity contribution >= 4 is 36.7 Å². The molecule has 1 fully saturated rings. The second-order valence-corrected chi connectivity index (χ2v) is 18.6. The topological polar surface area (TPSA) is 179 Å². The van der Waals surface area contributed by atoms with E-state index in [2.05, 4.69) is 32.9 Å². The van der Waals surface area contributed by atoms with Gasteiger partial charge in [-0.2, -0.15) is 19.4 Å². The van der Waals surface area contributed by atoms with E-state index < -0.39 is 56.3 Å². The molecule has 16 heteroatoms. The van der Waals surface area contributed by atoms with Crippen LogP contribution in [0.3, 0.4) is 0 Å². The first-order valence-electron chi connectivity index (χ1n) is 23.5. The Morgan fingerprint density at radius 1 is 0.938 bits per heavy atom. The summed E-state index contributed by atoms with van der Waals surface area (Å²) in [5.41, 5.74) is 5.02. The number of halogens is 1. The van der Waals surface area contributed by atoms with E-state index in [1.165, 1.54) is 68.7 Å². The van der Waals surface area contributed by atoms with Crippen LogP contribution in [0.1, 0.15) is 142 Å². The Bertz CT molecular complexity index is 2150. The Labute approximate surface area is 383 Å². The molecule has 5 rings (SSSR count). The molecule has 0 spiro atoms. The zero-order valence-corrected chi connectivity index (χ0v) is 39.2. The number of benzene rings is 2. The number of ether oxygens (including phenoxy) is 3. The van der Waals surface area contributed by atoms with E-state index in [0.717, 1.165) is 37.7 Å². The first-order chi connectivity index (χ1) is 31.5. The Morgan fingerprint density at radius 2 is 1.55 bits per heavy atom. The second kappa shape index (κ2) is 26.3. The standard InChI is InChI=1S/C49H68FN6O8P/c1-5-9-10-11-12-13-14-15-16-17-18-19-26-31-43(57)62-41-33-42(56-36-52-44-45(51)53-48(50)54-46(44)56)63-49(41,8-4)35-61-65(59,64-39-29-24-21-25-30-39)55-40(32-38-27-22-20-23-28-38)47(58)60-34-37(6-2)7-3/h4,20-25,27-30,36-37,40-42H,5-7,9-19,26,31-35H2,1-3H3,(H,55,59)(H2,51,53,54)/t40?,41-,42+,49+,65-/m0/s1. The third kappa shape index (κ3) is 15.6. The monoisotopic (exact) mass is 918 g/mol. The van der Waals surface area contributed by atoms with E-state index in [0.29, 0.717) is 6.42 Å². The number of anilines is 1. The van der Waals surface area contributed by atoms with Crippen molar-refractivity contribution in [2.24, 2.45) is 5.92 Å². The zero-order chi connectivity index (χ0) is 46.5. The number of hydrogen-bond donors (Lipinski definition) is 2. The van der Waals surface area contributed by atoms with Crippen LogP contribution in [0, 0.1) is 24.3 Å². The number of para-hydroxylation sites is 1. The summed E-state index contributed by atoms with van der Waals surface area (Å²) in [6.07, 6.45) is 21.3. The highest BCUT2D eigenvalue weighted by molar-refractivity contribution is 7.52. The average Bonchev–Trinajstić information content (AvgIpc) is 3.89. The molecule has 1 unspecified atom stereocenters. The van der Waals surface area contributed by atoms with Gasteiger partial charge < -0.3 is 24.5 Å². The Kier molecular flexibility index (Phi) is 20.7. The van der Waals surface area contributed by atoms with Crippen LogP contribution in [0.4, 0.5) is 10.2 Å². The van der Waals surface area contributed by atoms with Gasteiger partial charge in [-0.1, -0.05) is 165 Å². The smallest absolute Gasteiger partial charge is 0.459 e. The van der Waals surface area contributed by atoms with Crippen molar-refractivity contribution in [3.63, 3.8) is 0 Å². The van der Waals surface area contributed by atoms with E-state index in [4.69, 9.17) is 35.4 Å². The summed E-state index contributed by atoms with van der Waals surface area (Å²) in [6.45, 7) is 5.82. The number of nitrogens with one attached hydrogen (secondary N) is 1. The van der Waals surface area contributed by atoms with Crippen LogP contribution in [0.25, 0.3) is 11.2 Å². The number of imidazole rings is 1. The SMILES string of the molecule is C#C[C@]1(CO[P@@](=O)(NC(Cc2ccccc2)C(=O)OCC(CC)CC)Oc2ccccc2)O[C@@H](n2cnc3c(N)nc(F)nc32)C[C@@H]1OC(=O)CCCCCCCCCCCCCCC. The van der Waals surface area contributed by atoms with E-state index in [1.807, 2.05) is 44.2 Å². The first kappa shape index (κ1) is 51.1. The molecule has 0 bridgehead atoms. The quantitative estimate of drug-likeness (QED) is 0.0166. The molecule has 2 aromatic heterocycles. The van der Waals surface area contributed by atoms with Gasteiger partial charge >= 0.3 is 25.8 Å². The number of rotatable bonds is 30. The third-order valence-electron chi connectivity index (χ3n) is 11.9. The fourth-order valence-electron chi connectivity index (χ4n) is 7.91. The molecule has 0 saturated carbocycles. The number of fused-ring (bicyclic) bond motifs is 1. The molecule has 2 aromatic carbocycles. The maximum Gasteiger partial charge on any atom is 0.459 e. The van der Waals surface area contributed by atoms with Crippen molar-refractivity contribution < 1.29 is 41.8 Å². The number of carbonyl (C=O) groups excluding carboxylic acids is 2. The molecule has 4 aromatic rings. The van der Waals surface area contributed by atoms with Gasteiger partial charge in [0.15, 0.2) is 22.6 Å². The number of nitrogen functional groups attached to an aromatic ring is 1. The van der Waals surface area contributed by atoms with Crippen LogP contribution in [0.2, 0.25) is 0 Å². The van der Waals surface area contributed by atoms with Crippen molar-refractivity contribution in [3.05, 3.63) is 78.6 Å². The van der Waals surface area contributed by atoms with Crippen LogP contribution in [-0.4, -0.2) is 62.4 Å². The van der Waals surface area contributed by atoms with Crippen LogP contribution in [-0.2, 0) is 39.3 Å². The Morgan fingerprint density at radius 3 is 2.17 bits per heavy atom. The highest BCUT2D eigenvalue weighted by atomic mass is 31.2. The molecule has 0 aliphatic carbocycles. The first-order valence-corrected chi connectivity index (χ1v) is 25.0. The minimum atomic E-state index is -4.57. The molecule has 0 amide bonds. The summed E-state index contributed by atoms with van der Waals surface area (Å²) in [4.78, 5) is 39.1. The van der Waals surface area contributed by atoms with E-state index in [9.17, 15) is 14.0 Å². The lowest BCUT2D eigenvalue weighted by molar-refractivity contribution is -0.158. The Hall–Kier alpha value is -4.87. The lowest BCUT2D eigenvalue weighted by Gasteiger charge is -2.31. The van der Waals surface area contributed by atoms with Crippen LogP contribution >= 0.6 is 7.75 Å². The van der Waals surface area contributed by atoms with Gasteiger partial charge in [0, 0.05) is 12.8 Å². The molecular weight excluding hydrogens is 851 g/mol. The average molecular weight is 919 g/mol. The van der Waals surface area contributed by atoms with Crippen molar-refractivity contribution in [2.45, 2.75) is 160 Å². The maximum absolute atomic E-state index is 15.1. The molecule has 3 N–H and O–H groups in total. The minimum Gasteiger partial charge on any atom is -0.464 e. The molecular formula is C49H68FN6O8P. The van der Waals surface area contributed by atoms with Gasteiger partial charge in [-0.05, 0) is 36.5 Å². The molecule has 354 valence electrons. The number of nitrogens with zero attached hydrogens (tertiary/aromatic N) is 4. The summed E-state index contributed by atoms with van der Waals surface area (Å²) in [6, 6.07) is 16.3. The number of esters is 2. The van der Waals surface area contributed by atoms with Crippen molar-refractivity contribution in [1.29, 1.82) is 0 Å². The van der Waals surface area contributed by atoms with E-state index in [1.54, 1.807) is 30.3 Å². The number of terminal acetylenes is 1. The predicted octanol–water partition coefficient (Wildman–Crippen LogP) is 10.6. The summed E-state index contributed by atoms with van der Waals surface area (Å²) < 4.78 is 61.7. The molecule has 14 nitrogen and oxygen atoms in total. The number of hydrogen-bond acceptors (Lipinski definition) is 12. The van der Waals surface area contributed by atoms with E-state index >= 15 is 4.57 Å². The summed E-state index contributed by atoms with van der Waals surface area (Å²) in [7, 11) is -4.57. The molecule has 1 aliphatic heterocycles. The van der Waals surface area contributed by atoms with Gasteiger partial charge in [0.2, 0.25) is 0 Å². The molecule has 1 saturated heterocycles. The minimum absolute atomic E-state index is 0.0289. The number of carbonyl (C=O) groups is 2. The molecule has 0 radical (unpaired) electrons. The van der Waals surface area contributed by atoms with Crippen molar-refractivity contribution in [3.8, 4) is 18.1 Å². The third-order valence-corrected chi connectivity index (χ3v) is 13.5. The largest absolute Gasteiger partial charge is 0.464 e. The highest BCUT2D eigenvalue weighted by Crippen LogP contribution is 2.49. The normalized spacial score (nSPS) is 18.6. The van der Waals surface area contributed by atoms with Gasteiger partial charge in [0.25, 0.3) is 0 Å². The predicted molar refractivity (Wildman–Crippen MR) is 249 cm³/mol. The molecule has 3 heterocycles. The maximum atomic E-state index is 15.1.